The quantitative estimate of drug-likeness (QED) is 0.674. The zero-order valence-corrected chi connectivity index (χ0v) is 15.2. The van der Waals surface area contributed by atoms with Gasteiger partial charge in [-0.2, -0.15) is 0 Å². The van der Waals surface area contributed by atoms with E-state index in [4.69, 9.17) is 9.84 Å². The molecule has 0 saturated carbocycles. The Hall–Kier alpha value is -0.380. The SMILES string of the molecule is CC(C)C1CC=C(COCC(O)CO)C(C(C)C)C1C(C)C. The highest BCUT2D eigenvalue weighted by molar-refractivity contribution is 5.16. The summed E-state index contributed by atoms with van der Waals surface area (Å²) in [4.78, 5) is 0. The lowest BCUT2D eigenvalue weighted by Crippen LogP contribution is -2.38. The van der Waals surface area contributed by atoms with Crippen molar-refractivity contribution in [1.82, 2.24) is 0 Å². The predicted molar refractivity (Wildman–Crippen MR) is 91.6 cm³/mol. The minimum atomic E-state index is -0.772. The zero-order valence-electron chi connectivity index (χ0n) is 15.2. The van der Waals surface area contributed by atoms with Crippen LogP contribution in [0.15, 0.2) is 11.6 Å². The van der Waals surface area contributed by atoms with Crippen molar-refractivity contribution in [2.75, 3.05) is 19.8 Å². The molecule has 4 atom stereocenters. The summed E-state index contributed by atoms with van der Waals surface area (Å²) in [6.07, 6.45) is 2.73. The van der Waals surface area contributed by atoms with Gasteiger partial charge in [0, 0.05) is 0 Å². The van der Waals surface area contributed by atoms with Gasteiger partial charge in [-0.05, 0) is 47.5 Å². The Bertz CT molecular complexity index is 347. The van der Waals surface area contributed by atoms with E-state index in [0.717, 1.165) is 12.3 Å². The summed E-state index contributed by atoms with van der Waals surface area (Å²) in [5.41, 5.74) is 1.38. The summed E-state index contributed by atoms with van der Waals surface area (Å²) in [6.45, 7) is 14.5. The smallest absolute Gasteiger partial charge is 0.100 e. The zero-order chi connectivity index (χ0) is 16.9. The van der Waals surface area contributed by atoms with Crippen LogP contribution in [0.2, 0.25) is 0 Å². The maximum Gasteiger partial charge on any atom is 0.100 e. The van der Waals surface area contributed by atoms with Crippen LogP contribution in [0, 0.1) is 35.5 Å². The van der Waals surface area contributed by atoms with Gasteiger partial charge in [0.1, 0.15) is 6.10 Å². The van der Waals surface area contributed by atoms with E-state index < -0.39 is 6.10 Å². The van der Waals surface area contributed by atoms with Crippen molar-refractivity contribution in [2.24, 2.45) is 35.5 Å². The number of allylic oxidation sites excluding steroid dienone is 1. The standard InChI is InChI=1S/C19H36O3/c1-12(2)17-8-7-15(10-22-11-16(21)9-20)18(13(3)4)19(17)14(5)6/h7,12-14,16-21H,8-11H2,1-6H3. The van der Waals surface area contributed by atoms with Crippen molar-refractivity contribution in [2.45, 2.75) is 54.1 Å². The topological polar surface area (TPSA) is 49.7 Å². The first-order valence-corrected chi connectivity index (χ1v) is 8.85. The highest BCUT2D eigenvalue weighted by Gasteiger charge is 2.39. The number of hydrogen-bond donors (Lipinski definition) is 2. The van der Waals surface area contributed by atoms with Gasteiger partial charge in [0.15, 0.2) is 0 Å². The molecule has 0 aromatic carbocycles. The van der Waals surface area contributed by atoms with Crippen molar-refractivity contribution in [3.8, 4) is 0 Å². The van der Waals surface area contributed by atoms with E-state index >= 15 is 0 Å². The molecule has 130 valence electrons. The maximum atomic E-state index is 9.42. The molecule has 0 amide bonds. The highest BCUT2D eigenvalue weighted by Crippen LogP contribution is 2.46. The van der Waals surface area contributed by atoms with E-state index in [1.54, 1.807) is 0 Å². The summed E-state index contributed by atoms with van der Waals surface area (Å²) in [6, 6.07) is 0. The van der Waals surface area contributed by atoms with Gasteiger partial charge in [-0.1, -0.05) is 47.6 Å². The molecule has 0 heterocycles. The first-order chi connectivity index (χ1) is 10.3. The molecule has 0 spiro atoms. The molecule has 0 bridgehead atoms. The normalized spacial score (nSPS) is 27.6. The third-order valence-corrected chi connectivity index (χ3v) is 5.12. The maximum absolute atomic E-state index is 9.42. The van der Waals surface area contributed by atoms with E-state index in [-0.39, 0.29) is 13.2 Å². The molecule has 1 aliphatic rings. The second kappa shape index (κ2) is 9.05. The van der Waals surface area contributed by atoms with Crippen molar-refractivity contribution in [3.63, 3.8) is 0 Å². The second-order valence-corrected chi connectivity index (χ2v) is 7.87. The molecule has 3 nitrogen and oxygen atoms in total. The molecule has 1 rings (SSSR count). The Morgan fingerprint density at radius 3 is 2.18 bits per heavy atom. The Kier molecular flexibility index (Phi) is 8.09. The summed E-state index contributed by atoms with van der Waals surface area (Å²) in [7, 11) is 0. The lowest BCUT2D eigenvalue weighted by atomic mass is 9.61. The van der Waals surface area contributed by atoms with Crippen LogP contribution < -0.4 is 0 Å². The molecule has 0 aliphatic heterocycles. The molecule has 2 N–H and O–H groups in total. The van der Waals surface area contributed by atoms with Crippen molar-refractivity contribution in [1.29, 1.82) is 0 Å². The summed E-state index contributed by atoms with van der Waals surface area (Å²) >= 11 is 0. The molecule has 1 aliphatic carbocycles. The molecule has 0 fully saturated rings. The Labute approximate surface area is 136 Å². The highest BCUT2D eigenvalue weighted by atomic mass is 16.5. The molecule has 22 heavy (non-hydrogen) atoms. The average molecular weight is 312 g/mol. The van der Waals surface area contributed by atoms with Gasteiger partial charge in [-0.25, -0.2) is 0 Å². The Morgan fingerprint density at radius 1 is 1.09 bits per heavy atom. The van der Waals surface area contributed by atoms with E-state index in [1.165, 1.54) is 5.57 Å². The summed E-state index contributed by atoms with van der Waals surface area (Å²) < 4.78 is 5.65. The fourth-order valence-corrected chi connectivity index (χ4v) is 4.11. The van der Waals surface area contributed by atoms with Crippen LogP contribution in [-0.2, 0) is 4.74 Å². The molecular formula is C19H36O3. The van der Waals surface area contributed by atoms with Crippen LogP contribution in [0.3, 0.4) is 0 Å². The molecule has 0 radical (unpaired) electrons. The van der Waals surface area contributed by atoms with Gasteiger partial charge < -0.3 is 14.9 Å². The van der Waals surface area contributed by atoms with Gasteiger partial charge in [0.2, 0.25) is 0 Å². The molecular weight excluding hydrogens is 276 g/mol. The summed E-state index contributed by atoms with van der Waals surface area (Å²) in [5.74, 6) is 3.92. The second-order valence-electron chi connectivity index (χ2n) is 7.87. The van der Waals surface area contributed by atoms with Crippen molar-refractivity contribution < 1.29 is 14.9 Å². The van der Waals surface area contributed by atoms with Crippen LogP contribution in [0.4, 0.5) is 0 Å². The van der Waals surface area contributed by atoms with E-state index in [9.17, 15) is 5.11 Å². The van der Waals surface area contributed by atoms with Crippen LogP contribution in [0.1, 0.15) is 48.0 Å². The number of rotatable bonds is 8. The van der Waals surface area contributed by atoms with Gasteiger partial charge in [-0.15, -0.1) is 0 Å². The number of hydrogen-bond acceptors (Lipinski definition) is 3. The molecule has 0 saturated heterocycles. The van der Waals surface area contributed by atoms with Crippen molar-refractivity contribution in [3.05, 3.63) is 11.6 Å². The van der Waals surface area contributed by atoms with Crippen LogP contribution in [-0.4, -0.2) is 36.1 Å². The van der Waals surface area contributed by atoms with Gasteiger partial charge in [0.25, 0.3) is 0 Å². The van der Waals surface area contributed by atoms with Gasteiger partial charge in [0.05, 0.1) is 19.8 Å². The van der Waals surface area contributed by atoms with Crippen LogP contribution in [0.25, 0.3) is 0 Å². The fraction of sp³-hybridized carbons (Fsp3) is 0.895. The molecule has 4 unspecified atom stereocenters. The first-order valence-electron chi connectivity index (χ1n) is 8.85. The molecule has 0 aromatic heterocycles. The summed E-state index contributed by atoms with van der Waals surface area (Å²) in [5, 5.41) is 18.3. The van der Waals surface area contributed by atoms with E-state index in [2.05, 4.69) is 47.6 Å². The largest absolute Gasteiger partial charge is 0.394 e. The third kappa shape index (κ3) is 5.07. The third-order valence-electron chi connectivity index (χ3n) is 5.12. The number of ether oxygens (including phenoxy) is 1. The van der Waals surface area contributed by atoms with Gasteiger partial charge in [-0.3, -0.25) is 0 Å². The average Bonchev–Trinajstić information content (AvgIpc) is 2.45. The number of aliphatic hydroxyl groups excluding tert-OH is 2. The Balaban J connectivity index is 2.86. The fourth-order valence-electron chi connectivity index (χ4n) is 4.11. The monoisotopic (exact) mass is 312 g/mol. The number of aliphatic hydroxyl groups is 2. The van der Waals surface area contributed by atoms with Crippen LogP contribution in [0.5, 0.6) is 0 Å². The van der Waals surface area contributed by atoms with Crippen LogP contribution >= 0.6 is 0 Å². The lowest BCUT2D eigenvalue weighted by Gasteiger charge is -2.45. The van der Waals surface area contributed by atoms with E-state index in [1.807, 2.05) is 0 Å². The lowest BCUT2D eigenvalue weighted by molar-refractivity contribution is 0.00617. The minimum Gasteiger partial charge on any atom is -0.394 e. The molecule has 0 aromatic rings. The van der Waals surface area contributed by atoms with Crippen molar-refractivity contribution >= 4 is 0 Å². The van der Waals surface area contributed by atoms with E-state index in [0.29, 0.717) is 36.2 Å². The predicted octanol–water partition coefficient (Wildman–Crippen LogP) is 3.50. The minimum absolute atomic E-state index is 0.207. The Morgan fingerprint density at radius 2 is 1.73 bits per heavy atom. The first kappa shape index (κ1) is 19.7. The molecule has 3 heteroatoms. The van der Waals surface area contributed by atoms with Gasteiger partial charge >= 0.3 is 0 Å².